The van der Waals surface area contributed by atoms with Crippen LogP contribution in [0.1, 0.15) is 16.2 Å². The topological polar surface area (TPSA) is 65.2 Å². The maximum absolute atomic E-state index is 10.9. The molecular formula is C16H12N2O3. The zero-order valence-electron chi connectivity index (χ0n) is 11.1. The normalized spacial score (nSPS) is 10.3. The molecule has 0 radical (unpaired) electrons. The fourth-order valence-electron chi connectivity index (χ4n) is 1.87. The molecule has 0 saturated carbocycles. The minimum atomic E-state index is 0.116. The maximum Gasteiger partial charge on any atom is 0.264 e. The van der Waals surface area contributed by atoms with E-state index in [1.165, 1.54) is 0 Å². The van der Waals surface area contributed by atoms with E-state index in [0.29, 0.717) is 23.0 Å². The van der Waals surface area contributed by atoms with E-state index in [0.717, 1.165) is 11.8 Å². The van der Waals surface area contributed by atoms with Gasteiger partial charge in [0.2, 0.25) is 5.82 Å². The van der Waals surface area contributed by atoms with Crippen molar-refractivity contribution in [1.82, 2.24) is 10.1 Å². The summed E-state index contributed by atoms with van der Waals surface area (Å²) in [6.45, 7) is 0.116. The van der Waals surface area contributed by atoms with Crippen molar-refractivity contribution in [2.45, 2.75) is 6.61 Å². The van der Waals surface area contributed by atoms with Gasteiger partial charge in [0.25, 0.3) is 5.89 Å². The third kappa shape index (κ3) is 2.97. The molecule has 3 rings (SSSR count). The van der Waals surface area contributed by atoms with E-state index in [-0.39, 0.29) is 6.61 Å². The number of para-hydroxylation sites is 1. The first-order valence-corrected chi connectivity index (χ1v) is 6.42. The molecule has 0 aliphatic rings. The van der Waals surface area contributed by atoms with E-state index < -0.39 is 0 Å². The predicted molar refractivity (Wildman–Crippen MR) is 75.9 cm³/mol. The molecule has 5 heteroatoms. The van der Waals surface area contributed by atoms with Gasteiger partial charge < -0.3 is 9.26 Å². The summed E-state index contributed by atoms with van der Waals surface area (Å²) in [5.41, 5.74) is 1.36. The number of rotatable bonds is 5. The van der Waals surface area contributed by atoms with Crippen LogP contribution in [0, 0.1) is 0 Å². The number of nitrogens with zero attached hydrogens (tertiary/aromatic N) is 2. The van der Waals surface area contributed by atoms with Crippen molar-refractivity contribution in [2.75, 3.05) is 0 Å². The van der Waals surface area contributed by atoms with Crippen LogP contribution in [0.3, 0.4) is 0 Å². The lowest BCUT2D eigenvalue weighted by Crippen LogP contribution is -1.98. The Balaban J connectivity index is 1.72. The minimum Gasteiger partial charge on any atom is -0.483 e. The third-order valence-corrected chi connectivity index (χ3v) is 2.90. The van der Waals surface area contributed by atoms with Crippen molar-refractivity contribution in [3.63, 3.8) is 0 Å². The van der Waals surface area contributed by atoms with Crippen molar-refractivity contribution in [2.24, 2.45) is 0 Å². The van der Waals surface area contributed by atoms with Gasteiger partial charge in [-0.25, -0.2) is 0 Å². The highest BCUT2D eigenvalue weighted by Crippen LogP contribution is 2.18. The number of ether oxygens (including phenoxy) is 1. The van der Waals surface area contributed by atoms with Gasteiger partial charge in [0.1, 0.15) is 5.75 Å². The Morgan fingerprint density at radius 3 is 2.62 bits per heavy atom. The second-order valence-corrected chi connectivity index (χ2v) is 4.32. The van der Waals surface area contributed by atoms with Crippen LogP contribution in [0.4, 0.5) is 0 Å². The highest BCUT2D eigenvalue weighted by atomic mass is 16.5. The summed E-state index contributed by atoms with van der Waals surface area (Å²) in [6, 6.07) is 16.5. The van der Waals surface area contributed by atoms with Crippen LogP contribution < -0.4 is 4.74 Å². The minimum absolute atomic E-state index is 0.116. The number of carbonyl (C=O) groups is 1. The van der Waals surface area contributed by atoms with E-state index in [1.54, 1.807) is 24.3 Å². The van der Waals surface area contributed by atoms with Crippen LogP contribution >= 0.6 is 0 Å². The zero-order valence-corrected chi connectivity index (χ0v) is 11.1. The molecule has 0 bridgehead atoms. The first-order valence-electron chi connectivity index (χ1n) is 6.42. The molecule has 0 atom stereocenters. The second-order valence-electron chi connectivity index (χ2n) is 4.32. The summed E-state index contributed by atoms with van der Waals surface area (Å²) in [7, 11) is 0. The van der Waals surface area contributed by atoms with Gasteiger partial charge in [0.15, 0.2) is 12.9 Å². The fraction of sp³-hybridized carbons (Fsp3) is 0.0625. The Hall–Kier alpha value is -2.95. The van der Waals surface area contributed by atoms with Crippen LogP contribution in [-0.4, -0.2) is 16.4 Å². The molecule has 0 spiro atoms. The molecule has 21 heavy (non-hydrogen) atoms. The summed E-state index contributed by atoms with van der Waals surface area (Å²) < 4.78 is 10.7. The van der Waals surface area contributed by atoms with Crippen molar-refractivity contribution in [1.29, 1.82) is 0 Å². The number of benzene rings is 2. The summed E-state index contributed by atoms with van der Waals surface area (Å²) in [5.74, 6) is 1.36. The molecule has 0 aliphatic heterocycles. The SMILES string of the molecule is O=Cc1ccccc1OCc1nc(-c2ccccc2)no1. The first kappa shape index (κ1) is 13.1. The molecule has 0 unspecified atom stereocenters. The van der Waals surface area contributed by atoms with Crippen LogP contribution in [0.5, 0.6) is 5.75 Å². The van der Waals surface area contributed by atoms with E-state index in [2.05, 4.69) is 10.1 Å². The maximum atomic E-state index is 10.9. The lowest BCUT2D eigenvalue weighted by Gasteiger charge is -2.04. The summed E-state index contributed by atoms with van der Waals surface area (Å²) >= 11 is 0. The number of hydrogen-bond acceptors (Lipinski definition) is 5. The predicted octanol–water partition coefficient (Wildman–Crippen LogP) is 3.13. The van der Waals surface area contributed by atoms with E-state index in [1.807, 2.05) is 30.3 Å². The Morgan fingerprint density at radius 2 is 1.81 bits per heavy atom. The molecule has 0 saturated heterocycles. The van der Waals surface area contributed by atoms with Gasteiger partial charge in [0.05, 0.1) is 5.56 Å². The molecule has 0 N–H and O–H groups in total. The van der Waals surface area contributed by atoms with Crippen LogP contribution in [-0.2, 0) is 6.61 Å². The van der Waals surface area contributed by atoms with Crippen molar-refractivity contribution in [3.8, 4) is 17.1 Å². The molecular weight excluding hydrogens is 268 g/mol. The molecule has 0 amide bonds. The van der Waals surface area contributed by atoms with Crippen molar-refractivity contribution < 1.29 is 14.1 Å². The Bertz CT molecular complexity index is 738. The fourth-order valence-corrected chi connectivity index (χ4v) is 1.87. The quantitative estimate of drug-likeness (QED) is 0.672. The van der Waals surface area contributed by atoms with Gasteiger partial charge in [-0.1, -0.05) is 47.6 Å². The van der Waals surface area contributed by atoms with Gasteiger partial charge >= 0.3 is 0 Å². The zero-order chi connectivity index (χ0) is 14.5. The highest BCUT2D eigenvalue weighted by Gasteiger charge is 2.09. The lowest BCUT2D eigenvalue weighted by molar-refractivity contribution is 0.111. The molecule has 104 valence electrons. The monoisotopic (exact) mass is 280 g/mol. The van der Waals surface area contributed by atoms with E-state index >= 15 is 0 Å². The molecule has 1 aromatic heterocycles. The van der Waals surface area contributed by atoms with Crippen LogP contribution in [0.15, 0.2) is 59.1 Å². The van der Waals surface area contributed by atoms with Crippen molar-refractivity contribution in [3.05, 3.63) is 66.1 Å². The van der Waals surface area contributed by atoms with Gasteiger partial charge in [-0.2, -0.15) is 4.98 Å². The highest BCUT2D eigenvalue weighted by molar-refractivity contribution is 5.79. The molecule has 2 aromatic carbocycles. The first-order chi connectivity index (χ1) is 10.4. The standard InChI is InChI=1S/C16H12N2O3/c19-10-13-8-4-5-9-14(13)20-11-15-17-16(18-21-15)12-6-2-1-3-7-12/h1-10H,11H2. The molecule has 0 fully saturated rings. The van der Waals surface area contributed by atoms with Gasteiger partial charge in [-0.15, -0.1) is 0 Å². The number of aromatic nitrogens is 2. The van der Waals surface area contributed by atoms with Crippen LogP contribution in [0.25, 0.3) is 11.4 Å². The summed E-state index contributed by atoms with van der Waals surface area (Å²) in [6.07, 6.45) is 0.749. The van der Waals surface area contributed by atoms with Gasteiger partial charge in [-0.05, 0) is 12.1 Å². The Labute approximate surface area is 121 Å². The number of aldehydes is 1. The Morgan fingerprint density at radius 1 is 1.05 bits per heavy atom. The van der Waals surface area contributed by atoms with Crippen LogP contribution in [0.2, 0.25) is 0 Å². The third-order valence-electron chi connectivity index (χ3n) is 2.90. The van der Waals surface area contributed by atoms with Gasteiger partial charge in [-0.3, -0.25) is 4.79 Å². The number of carbonyl (C=O) groups excluding carboxylic acids is 1. The number of hydrogen-bond donors (Lipinski definition) is 0. The molecule has 0 aliphatic carbocycles. The largest absolute Gasteiger partial charge is 0.483 e. The molecule has 5 nitrogen and oxygen atoms in total. The molecule has 1 heterocycles. The van der Waals surface area contributed by atoms with Crippen molar-refractivity contribution >= 4 is 6.29 Å². The average Bonchev–Trinajstić information content (AvgIpc) is 3.03. The molecule has 3 aromatic rings. The lowest BCUT2D eigenvalue weighted by atomic mass is 10.2. The summed E-state index contributed by atoms with van der Waals surface area (Å²) in [4.78, 5) is 15.2. The smallest absolute Gasteiger partial charge is 0.264 e. The second kappa shape index (κ2) is 6.00. The van der Waals surface area contributed by atoms with E-state index in [4.69, 9.17) is 9.26 Å². The van der Waals surface area contributed by atoms with E-state index in [9.17, 15) is 4.79 Å². The average molecular weight is 280 g/mol. The Kier molecular flexibility index (Phi) is 3.73. The van der Waals surface area contributed by atoms with Gasteiger partial charge in [0, 0.05) is 5.56 Å². The summed E-state index contributed by atoms with van der Waals surface area (Å²) in [5, 5.41) is 3.91.